The Bertz CT molecular complexity index is 669. The summed E-state index contributed by atoms with van der Waals surface area (Å²) in [5.74, 6) is 0.0889. The molecule has 0 aliphatic heterocycles. The maximum atomic E-state index is 11.7. The number of aliphatic imine (C=N–C) groups is 1. The monoisotopic (exact) mass is 294 g/mol. The van der Waals surface area contributed by atoms with Gasteiger partial charge in [0.15, 0.2) is 5.78 Å². The molecule has 0 atom stereocenters. The first kappa shape index (κ1) is 16.1. The number of benzene rings is 1. The molecule has 3 nitrogen and oxygen atoms in total. The molecule has 0 unspecified atom stereocenters. The number of aryl methyl sites for hydroxylation is 3. The van der Waals surface area contributed by atoms with Gasteiger partial charge >= 0.3 is 0 Å². The number of hydrogen-bond donors (Lipinski definition) is 0. The van der Waals surface area contributed by atoms with E-state index >= 15 is 0 Å². The van der Waals surface area contributed by atoms with Gasteiger partial charge in [0.2, 0.25) is 0 Å². The van der Waals surface area contributed by atoms with Gasteiger partial charge in [-0.2, -0.15) is 0 Å². The molecule has 0 saturated carbocycles. The Hall–Kier alpha value is -2.29. The molecule has 0 bridgehead atoms. The average Bonchev–Trinajstić information content (AvgIpc) is 2.53. The number of hydrogen-bond acceptors (Lipinski definition) is 3. The second kappa shape index (κ2) is 7.64. The first-order valence-corrected chi connectivity index (χ1v) is 7.69. The molecule has 0 aliphatic carbocycles. The third-order valence-corrected chi connectivity index (χ3v) is 3.60. The van der Waals surface area contributed by atoms with Crippen LogP contribution in [-0.4, -0.2) is 17.0 Å². The Labute approximate surface area is 132 Å². The van der Waals surface area contributed by atoms with Gasteiger partial charge in [0, 0.05) is 18.3 Å². The van der Waals surface area contributed by atoms with Crippen LogP contribution in [0.4, 0.5) is 5.69 Å². The fourth-order valence-electron chi connectivity index (χ4n) is 2.33. The highest BCUT2D eigenvalue weighted by Gasteiger charge is 2.05. The molecule has 2 rings (SSSR count). The predicted molar refractivity (Wildman–Crippen MR) is 91.2 cm³/mol. The first-order valence-electron chi connectivity index (χ1n) is 7.69. The number of para-hydroxylation sites is 1. The fraction of sp³-hybridized carbons (Fsp3) is 0.316. The van der Waals surface area contributed by atoms with Crippen molar-refractivity contribution in [1.29, 1.82) is 0 Å². The molecule has 2 aromatic rings. The Morgan fingerprint density at radius 3 is 2.50 bits per heavy atom. The smallest absolute Gasteiger partial charge is 0.180 e. The van der Waals surface area contributed by atoms with Crippen molar-refractivity contribution in [2.75, 3.05) is 0 Å². The number of carbonyl (C=O) groups is 1. The zero-order chi connectivity index (χ0) is 15.9. The van der Waals surface area contributed by atoms with E-state index in [1.807, 2.05) is 31.3 Å². The van der Waals surface area contributed by atoms with Crippen LogP contribution in [0, 0.1) is 13.8 Å². The second-order valence-corrected chi connectivity index (χ2v) is 5.38. The van der Waals surface area contributed by atoms with Gasteiger partial charge in [-0.3, -0.25) is 9.79 Å². The molecule has 1 aromatic carbocycles. The lowest BCUT2D eigenvalue weighted by atomic mass is 10.1. The Balaban J connectivity index is 1.99. The highest BCUT2D eigenvalue weighted by molar-refractivity contribution is 5.93. The fourth-order valence-corrected chi connectivity index (χ4v) is 2.33. The number of Topliss-reactive ketones (excluding diaryl/α,β-unsaturated/α-hetero) is 1. The van der Waals surface area contributed by atoms with Crippen LogP contribution in [-0.2, 0) is 6.42 Å². The van der Waals surface area contributed by atoms with Crippen LogP contribution < -0.4 is 0 Å². The van der Waals surface area contributed by atoms with Crippen molar-refractivity contribution in [1.82, 2.24) is 4.98 Å². The largest absolute Gasteiger partial charge is 0.292 e. The summed E-state index contributed by atoms with van der Waals surface area (Å²) in [6.07, 6.45) is 4.03. The lowest BCUT2D eigenvalue weighted by Gasteiger charge is -2.04. The van der Waals surface area contributed by atoms with Crippen LogP contribution >= 0.6 is 0 Å². The van der Waals surface area contributed by atoms with Crippen molar-refractivity contribution in [2.24, 2.45) is 4.99 Å². The normalized spacial score (nSPS) is 11.0. The van der Waals surface area contributed by atoms with Crippen molar-refractivity contribution < 1.29 is 4.79 Å². The number of nitrogens with zero attached hydrogens (tertiary/aromatic N) is 2. The lowest BCUT2D eigenvalue weighted by molar-refractivity contribution is 0.0983. The van der Waals surface area contributed by atoms with E-state index in [1.165, 1.54) is 11.1 Å². The second-order valence-electron chi connectivity index (χ2n) is 5.38. The lowest BCUT2D eigenvalue weighted by Crippen LogP contribution is -2.02. The van der Waals surface area contributed by atoms with Crippen molar-refractivity contribution in [3.63, 3.8) is 0 Å². The molecule has 0 radical (unpaired) electrons. The van der Waals surface area contributed by atoms with Gasteiger partial charge in [-0.25, -0.2) is 4.98 Å². The van der Waals surface area contributed by atoms with Crippen LogP contribution in [0.2, 0.25) is 0 Å². The van der Waals surface area contributed by atoms with E-state index < -0.39 is 0 Å². The van der Waals surface area contributed by atoms with Gasteiger partial charge in [-0.15, -0.1) is 0 Å². The quantitative estimate of drug-likeness (QED) is 0.576. The van der Waals surface area contributed by atoms with Crippen LogP contribution in [0.5, 0.6) is 0 Å². The Morgan fingerprint density at radius 2 is 1.82 bits per heavy atom. The zero-order valence-corrected chi connectivity index (χ0v) is 13.5. The molecule has 0 spiro atoms. The maximum Gasteiger partial charge on any atom is 0.180 e. The van der Waals surface area contributed by atoms with E-state index in [0.717, 1.165) is 24.2 Å². The number of aromatic nitrogens is 1. The van der Waals surface area contributed by atoms with E-state index in [-0.39, 0.29) is 5.78 Å². The molecule has 0 fully saturated rings. The minimum Gasteiger partial charge on any atom is -0.292 e. The van der Waals surface area contributed by atoms with Crippen molar-refractivity contribution in [3.8, 4) is 0 Å². The van der Waals surface area contributed by atoms with Gasteiger partial charge in [0.05, 0.1) is 5.69 Å². The van der Waals surface area contributed by atoms with E-state index in [9.17, 15) is 4.79 Å². The molecule has 0 amide bonds. The van der Waals surface area contributed by atoms with E-state index in [4.69, 9.17) is 0 Å². The number of carbonyl (C=O) groups excluding carboxylic acids is 1. The molecule has 114 valence electrons. The van der Waals surface area contributed by atoms with Gasteiger partial charge in [0.1, 0.15) is 5.69 Å². The first-order chi connectivity index (χ1) is 10.6. The van der Waals surface area contributed by atoms with E-state index in [0.29, 0.717) is 12.1 Å². The van der Waals surface area contributed by atoms with Crippen molar-refractivity contribution in [3.05, 3.63) is 58.9 Å². The van der Waals surface area contributed by atoms with Crippen LogP contribution in [0.3, 0.4) is 0 Å². The summed E-state index contributed by atoms with van der Waals surface area (Å²) in [5.41, 5.74) is 4.92. The number of ketones is 1. The minimum absolute atomic E-state index is 0.0889. The van der Waals surface area contributed by atoms with E-state index in [2.05, 4.69) is 36.0 Å². The predicted octanol–water partition coefficient (Wildman–Crippen LogP) is 4.63. The minimum atomic E-state index is 0.0889. The molecule has 3 heteroatoms. The van der Waals surface area contributed by atoms with Gasteiger partial charge < -0.3 is 0 Å². The third kappa shape index (κ3) is 4.10. The topological polar surface area (TPSA) is 42.3 Å². The van der Waals surface area contributed by atoms with Crippen molar-refractivity contribution >= 4 is 17.7 Å². The maximum absolute atomic E-state index is 11.7. The number of rotatable bonds is 6. The zero-order valence-electron chi connectivity index (χ0n) is 13.5. The molecule has 0 N–H and O–H groups in total. The summed E-state index contributed by atoms with van der Waals surface area (Å²) in [6.45, 7) is 6.00. The summed E-state index contributed by atoms with van der Waals surface area (Å²) in [7, 11) is 0. The average molecular weight is 294 g/mol. The summed E-state index contributed by atoms with van der Waals surface area (Å²) >= 11 is 0. The summed E-state index contributed by atoms with van der Waals surface area (Å²) in [6, 6.07) is 11.8. The van der Waals surface area contributed by atoms with Gasteiger partial charge in [0.25, 0.3) is 0 Å². The number of pyridine rings is 1. The molecule has 1 aromatic heterocycles. The molecule has 0 aliphatic rings. The highest BCUT2D eigenvalue weighted by atomic mass is 16.1. The van der Waals surface area contributed by atoms with E-state index in [1.54, 1.807) is 6.07 Å². The molecular formula is C19H22N2O. The molecule has 1 heterocycles. The van der Waals surface area contributed by atoms with Crippen LogP contribution in [0.25, 0.3) is 0 Å². The molecule has 22 heavy (non-hydrogen) atoms. The Morgan fingerprint density at radius 1 is 1.14 bits per heavy atom. The van der Waals surface area contributed by atoms with Gasteiger partial charge in [-0.1, -0.05) is 31.2 Å². The summed E-state index contributed by atoms with van der Waals surface area (Å²) < 4.78 is 0. The van der Waals surface area contributed by atoms with Crippen LogP contribution in [0.15, 0.2) is 41.4 Å². The standard InChI is InChI=1S/C19H22N2O/c1-4-18(22)17-12-6-10-16(21-17)11-7-13-20-19-14(2)8-5-9-15(19)3/h5-6,8-10,12-13H,4,7,11H2,1-3H3. The van der Waals surface area contributed by atoms with Crippen molar-refractivity contribution in [2.45, 2.75) is 40.0 Å². The summed E-state index contributed by atoms with van der Waals surface area (Å²) in [4.78, 5) is 20.7. The SMILES string of the molecule is CCC(=O)c1cccc(CCC=Nc2c(C)cccc2C)n1. The third-order valence-electron chi connectivity index (χ3n) is 3.60. The van der Waals surface area contributed by atoms with Crippen LogP contribution in [0.1, 0.15) is 47.1 Å². The Kier molecular flexibility index (Phi) is 5.59. The van der Waals surface area contributed by atoms with Gasteiger partial charge in [-0.05, 0) is 49.9 Å². The molecular weight excluding hydrogens is 272 g/mol. The highest BCUT2D eigenvalue weighted by Crippen LogP contribution is 2.22. The molecule has 0 saturated heterocycles. The summed E-state index contributed by atoms with van der Waals surface area (Å²) in [5, 5.41) is 0.